The van der Waals surface area contributed by atoms with Crippen molar-refractivity contribution in [2.75, 3.05) is 17.7 Å². The smallest absolute Gasteiger partial charge is 0.137 e. The van der Waals surface area contributed by atoms with E-state index in [2.05, 4.69) is 14.9 Å². The summed E-state index contributed by atoms with van der Waals surface area (Å²) < 4.78 is 0.802. The number of nitrogen functional groups attached to an aromatic ring is 1. The number of anilines is 2. The number of thiophene rings is 1. The quantitative estimate of drug-likeness (QED) is 0.941. The van der Waals surface area contributed by atoms with Crippen LogP contribution in [0.1, 0.15) is 23.2 Å². The topological polar surface area (TPSA) is 55.0 Å². The molecule has 6 heteroatoms. The average molecular weight is 297 g/mol. The van der Waals surface area contributed by atoms with Gasteiger partial charge in [0.15, 0.2) is 0 Å². The van der Waals surface area contributed by atoms with E-state index < -0.39 is 0 Å². The van der Waals surface area contributed by atoms with E-state index in [-0.39, 0.29) is 0 Å². The molecule has 102 valence electrons. The van der Waals surface area contributed by atoms with Crippen molar-refractivity contribution >= 4 is 34.6 Å². The maximum Gasteiger partial charge on any atom is 0.137 e. The molecule has 2 aromatic rings. The molecule has 0 unspecified atom stereocenters. The van der Waals surface area contributed by atoms with Gasteiger partial charge in [0.1, 0.15) is 17.5 Å². The summed E-state index contributed by atoms with van der Waals surface area (Å²) in [7, 11) is 2.00. The number of halogens is 1. The third kappa shape index (κ3) is 3.16. The van der Waals surface area contributed by atoms with Crippen molar-refractivity contribution in [1.82, 2.24) is 9.97 Å². The Labute approximate surface area is 122 Å². The van der Waals surface area contributed by atoms with Crippen molar-refractivity contribution in [2.24, 2.45) is 0 Å². The summed E-state index contributed by atoms with van der Waals surface area (Å²) in [5.74, 6) is 2.21. The molecule has 4 nitrogen and oxygen atoms in total. The van der Waals surface area contributed by atoms with Gasteiger partial charge in [0, 0.05) is 23.9 Å². The Morgan fingerprint density at radius 1 is 1.37 bits per heavy atom. The third-order valence-electron chi connectivity index (χ3n) is 2.90. The number of aromatic nitrogens is 2. The van der Waals surface area contributed by atoms with Crippen molar-refractivity contribution in [1.29, 1.82) is 0 Å². The molecule has 0 aromatic carbocycles. The summed E-state index contributed by atoms with van der Waals surface area (Å²) >= 11 is 7.53. The lowest BCUT2D eigenvalue weighted by Gasteiger charge is -2.20. The number of nitrogens with zero attached hydrogens (tertiary/aromatic N) is 3. The van der Waals surface area contributed by atoms with Gasteiger partial charge < -0.3 is 10.6 Å². The molecular weight excluding hydrogens is 280 g/mol. The van der Waals surface area contributed by atoms with Crippen molar-refractivity contribution in [2.45, 2.75) is 26.8 Å². The molecular formula is C13H17ClN4S. The predicted molar refractivity (Wildman–Crippen MR) is 82.0 cm³/mol. The first kappa shape index (κ1) is 14.1. The van der Waals surface area contributed by atoms with Crippen LogP contribution < -0.4 is 10.6 Å². The fourth-order valence-corrected chi connectivity index (χ4v) is 2.98. The van der Waals surface area contributed by atoms with Crippen LogP contribution in [-0.2, 0) is 13.0 Å². The Morgan fingerprint density at radius 3 is 2.68 bits per heavy atom. The molecule has 2 aromatic heterocycles. The van der Waals surface area contributed by atoms with Gasteiger partial charge in [-0.3, -0.25) is 0 Å². The zero-order valence-corrected chi connectivity index (χ0v) is 12.8. The molecule has 0 bridgehead atoms. The van der Waals surface area contributed by atoms with Crippen LogP contribution in [0.3, 0.4) is 0 Å². The van der Waals surface area contributed by atoms with Crippen LogP contribution in [0.5, 0.6) is 0 Å². The van der Waals surface area contributed by atoms with Gasteiger partial charge in [0.25, 0.3) is 0 Å². The number of rotatable bonds is 4. The first-order valence-electron chi connectivity index (χ1n) is 6.09. The highest BCUT2D eigenvalue weighted by Gasteiger charge is 2.13. The fraction of sp³-hybridized carbons (Fsp3) is 0.385. The number of hydrogen-bond donors (Lipinski definition) is 1. The van der Waals surface area contributed by atoms with E-state index in [4.69, 9.17) is 17.3 Å². The minimum atomic E-state index is 0.554. The Morgan fingerprint density at radius 2 is 2.11 bits per heavy atom. The van der Waals surface area contributed by atoms with Crippen LogP contribution in [0.2, 0.25) is 4.34 Å². The molecule has 19 heavy (non-hydrogen) atoms. The van der Waals surface area contributed by atoms with Crippen molar-refractivity contribution in [3.05, 3.63) is 32.7 Å². The summed E-state index contributed by atoms with van der Waals surface area (Å²) in [6, 6.07) is 3.94. The molecule has 0 saturated carbocycles. The van der Waals surface area contributed by atoms with Crippen LogP contribution in [-0.4, -0.2) is 17.0 Å². The van der Waals surface area contributed by atoms with E-state index in [0.717, 1.165) is 34.5 Å². The molecule has 0 aliphatic heterocycles. The minimum Gasteiger partial charge on any atom is -0.383 e. The van der Waals surface area contributed by atoms with Gasteiger partial charge in [-0.15, -0.1) is 11.3 Å². The van der Waals surface area contributed by atoms with Gasteiger partial charge in [-0.05, 0) is 19.1 Å². The van der Waals surface area contributed by atoms with E-state index in [9.17, 15) is 0 Å². The lowest BCUT2D eigenvalue weighted by Crippen LogP contribution is -2.20. The molecule has 0 radical (unpaired) electrons. The zero-order valence-electron chi connectivity index (χ0n) is 11.3. The molecule has 0 fully saturated rings. The Hall–Kier alpha value is -1.33. The number of nitrogens with two attached hydrogens (primary N) is 1. The second kappa shape index (κ2) is 5.75. The molecule has 2 N–H and O–H groups in total. The largest absolute Gasteiger partial charge is 0.383 e. The summed E-state index contributed by atoms with van der Waals surface area (Å²) in [5.41, 5.74) is 6.85. The van der Waals surface area contributed by atoms with E-state index in [1.165, 1.54) is 4.88 Å². The standard InChI is InChI=1S/C13H17ClN4S/c1-4-11-16-12(15)8(2)13(17-11)18(3)7-9-5-6-10(14)19-9/h5-6H,4,7H2,1-3H3,(H2,15,16,17). The fourth-order valence-electron chi connectivity index (χ4n) is 1.84. The molecule has 0 aliphatic carbocycles. The highest BCUT2D eigenvalue weighted by atomic mass is 35.5. The van der Waals surface area contributed by atoms with E-state index in [1.807, 2.05) is 33.0 Å². The van der Waals surface area contributed by atoms with Crippen LogP contribution >= 0.6 is 22.9 Å². The highest BCUT2D eigenvalue weighted by Crippen LogP contribution is 2.26. The SMILES string of the molecule is CCc1nc(N)c(C)c(N(C)Cc2ccc(Cl)s2)n1. The van der Waals surface area contributed by atoms with Gasteiger partial charge in [-0.1, -0.05) is 18.5 Å². The number of hydrogen-bond acceptors (Lipinski definition) is 5. The molecule has 0 saturated heterocycles. The zero-order chi connectivity index (χ0) is 14.0. The summed E-state index contributed by atoms with van der Waals surface area (Å²) in [5, 5.41) is 0. The molecule has 2 heterocycles. The average Bonchev–Trinajstić information content (AvgIpc) is 2.77. The van der Waals surface area contributed by atoms with E-state index in [0.29, 0.717) is 5.82 Å². The van der Waals surface area contributed by atoms with Gasteiger partial charge in [0.05, 0.1) is 10.9 Å². The monoisotopic (exact) mass is 296 g/mol. The van der Waals surface area contributed by atoms with Crippen LogP contribution in [0, 0.1) is 6.92 Å². The molecule has 0 spiro atoms. The molecule has 2 rings (SSSR count). The minimum absolute atomic E-state index is 0.554. The van der Waals surface area contributed by atoms with Crippen LogP contribution in [0.15, 0.2) is 12.1 Å². The van der Waals surface area contributed by atoms with E-state index >= 15 is 0 Å². The summed E-state index contributed by atoms with van der Waals surface area (Å²) in [4.78, 5) is 12.1. The third-order valence-corrected chi connectivity index (χ3v) is 4.12. The lowest BCUT2D eigenvalue weighted by atomic mass is 10.2. The van der Waals surface area contributed by atoms with E-state index in [1.54, 1.807) is 11.3 Å². The van der Waals surface area contributed by atoms with Crippen LogP contribution in [0.4, 0.5) is 11.6 Å². The first-order valence-corrected chi connectivity index (χ1v) is 7.29. The molecule has 0 atom stereocenters. The van der Waals surface area contributed by atoms with Crippen LogP contribution in [0.25, 0.3) is 0 Å². The molecule has 0 amide bonds. The van der Waals surface area contributed by atoms with Gasteiger partial charge >= 0.3 is 0 Å². The Bertz CT molecular complexity index is 582. The first-order chi connectivity index (χ1) is 9.01. The highest BCUT2D eigenvalue weighted by molar-refractivity contribution is 7.16. The predicted octanol–water partition coefficient (Wildman–Crippen LogP) is 3.28. The summed E-state index contributed by atoms with van der Waals surface area (Å²) in [6.07, 6.45) is 0.774. The second-order valence-electron chi connectivity index (χ2n) is 4.39. The maximum absolute atomic E-state index is 5.95. The lowest BCUT2D eigenvalue weighted by molar-refractivity contribution is 0.860. The van der Waals surface area contributed by atoms with Crippen molar-refractivity contribution in [3.63, 3.8) is 0 Å². The Kier molecular flexibility index (Phi) is 4.27. The van der Waals surface area contributed by atoms with Gasteiger partial charge in [0.2, 0.25) is 0 Å². The summed E-state index contributed by atoms with van der Waals surface area (Å²) in [6.45, 7) is 4.73. The number of aryl methyl sites for hydroxylation is 1. The second-order valence-corrected chi connectivity index (χ2v) is 6.19. The molecule has 0 aliphatic rings. The van der Waals surface area contributed by atoms with Gasteiger partial charge in [-0.2, -0.15) is 0 Å². The van der Waals surface area contributed by atoms with Gasteiger partial charge in [-0.25, -0.2) is 9.97 Å². The van der Waals surface area contributed by atoms with Crippen molar-refractivity contribution < 1.29 is 0 Å². The maximum atomic E-state index is 5.95. The Balaban J connectivity index is 2.27. The van der Waals surface area contributed by atoms with Crippen molar-refractivity contribution in [3.8, 4) is 0 Å². The normalized spacial score (nSPS) is 10.7.